The number of quaternary nitrogens is 1. The van der Waals surface area contributed by atoms with Crippen molar-refractivity contribution in [2.45, 2.75) is 19.8 Å². The Morgan fingerprint density at radius 3 is 2.08 bits per heavy atom. The maximum atomic E-state index is 2.62. The molecule has 3 heteroatoms. The number of hydrogen-bond donors (Lipinski definition) is 0. The molecule has 0 radical (unpaired) electrons. The minimum atomic E-state index is 0. The fourth-order valence-corrected chi connectivity index (χ4v) is 2.56. The van der Waals surface area contributed by atoms with Gasteiger partial charge in [-0.3, -0.25) is 4.90 Å². The largest absolute Gasteiger partial charge is 1.00 e. The molecule has 3 heterocycles. The Bertz CT molecular complexity index is 139. The summed E-state index contributed by atoms with van der Waals surface area (Å²) in [5.41, 5.74) is 0. The van der Waals surface area contributed by atoms with Crippen LogP contribution in [0.3, 0.4) is 0 Å². The van der Waals surface area contributed by atoms with E-state index in [0.29, 0.717) is 0 Å². The highest BCUT2D eigenvalue weighted by atomic mass is 35.5. The van der Waals surface area contributed by atoms with Gasteiger partial charge in [0, 0.05) is 19.6 Å². The summed E-state index contributed by atoms with van der Waals surface area (Å²) in [6, 6.07) is 0. The van der Waals surface area contributed by atoms with Crippen LogP contribution in [-0.4, -0.2) is 55.2 Å². The second-order valence-electron chi connectivity index (χ2n) is 4.43. The predicted octanol–water partition coefficient (Wildman–Crippen LogP) is -2.06. The monoisotopic (exact) mass is 204 g/mol. The van der Waals surface area contributed by atoms with Crippen molar-refractivity contribution in [3.05, 3.63) is 0 Å². The van der Waals surface area contributed by atoms with Crippen LogP contribution in [0.4, 0.5) is 0 Å². The molecule has 78 valence electrons. The third-order valence-corrected chi connectivity index (χ3v) is 3.66. The second kappa shape index (κ2) is 4.63. The Morgan fingerprint density at radius 2 is 1.62 bits per heavy atom. The van der Waals surface area contributed by atoms with Gasteiger partial charge in [0.05, 0.1) is 26.2 Å². The summed E-state index contributed by atoms with van der Waals surface area (Å²) in [4.78, 5) is 2.62. The van der Waals surface area contributed by atoms with E-state index in [-0.39, 0.29) is 12.4 Å². The molecule has 3 fully saturated rings. The highest BCUT2D eigenvalue weighted by molar-refractivity contribution is 4.70. The van der Waals surface area contributed by atoms with Crippen molar-refractivity contribution < 1.29 is 16.9 Å². The van der Waals surface area contributed by atoms with Crippen molar-refractivity contribution in [2.75, 3.05) is 45.8 Å². The summed E-state index contributed by atoms with van der Waals surface area (Å²) in [5, 5.41) is 0. The van der Waals surface area contributed by atoms with E-state index in [4.69, 9.17) is 0 Å². The maximum Gasteiger partial charge on any atom is 0.0916 e. The minimum absolute atomic E-state index is 0. The van der Waals surface area contributed by atoms with Gasteiger partial charge in [0.25, 0.3) is 0 Å². The fourth-order valence-electron chi connectivity index (χ4n) is 2.56. The van der Waals surface area contributed by atoms with Gasteiger partial charge in [0.2, 0.25) is 0 Å². The molecule has 0 amide bonds. The molecule has 2 bridgehead atoms. The molecule has 0 aromatic carbocycles. The van der Waals surface area contributed by atoms with Crippen LogP contribution < -0.4 is 12.4 Å². The molecule has 0 unspecified atom stereocenters. The highest BCUT2D eigenvalue weighted by Crippen LogP contribution is 2.19. The van der Waals surface area contributed by atoms with E-state index in [2.05, 4.69) is 11.8 Å². The zero-order valence-corrected chi connectivity index (χ0v) is 9.39. The lowest BCUT2D eigenvalue weighted by Gasteiger charge is -2.50. The van der Waals surface area contributed by atoms with Crippen LogP contribution in [0.15, 0.2) is 0 Å². The fraction of sp³-hybridized carbons (Fsp3) is 1.00. The molecule has 3 rings (SSSR count). The first kappa shape index (κ1) is 11.3. The van der Waals surface area contributed by atoms with E-state index < -0.39 is 0 Å². The van der Waals surface area contributed by atoms with Gasteiger partial charge in [-0.1, -0.05) is 13.3 Å². The number of rotatable bonds is 3. The smallest absolute Gasteiger partial charge is 0.0916 e. The van der Waals surface area contributed by atoms with Crippen molar-refractivity contribution >= 4 is 0 Å². The summed E-state index contributed by atoms with van der Waals surface area (Å²) < 4.78 is 1.45. The molecule has 0 saturated carbocycles. The van der Waals surface area contributed by atoms with Crippen molar-refractivity contribution in [1.82, 2.24) is 4.90 Å². The second-order valence-corrected chi connectivity index (χ2v) is 4.43. The van der Waals surface area contributed by atoms with Crippen molar-refractivity contribution in [3.63, 3.8) is 0 Å². The van der Waals surface area contributed by atoms with Crippen molar-refractivity contribution in [1.29, 1.82) is 0 Å². The highest BCUT2D eigenvalue weighted by Gasteiger charge is 2.37. The minimum Gasteiger partial charge on any atom is -1.00 e. The van der Waals surface area contributed by atoms with Crippen LogP contribution >= 0.6 is 0 Å². The SMILES string of the molecule is CCCC[N+]12CCN(CC1)CC2.[Cl-]. The molecule has 0 aromatic rings. The maximum absolute atomic E-state index is 2.62. The molecule has 0 atom stereocenters. The average molecular weight is 205 g/mol. The van der Waals surface area contributed by atoms with E-state index in [1.807, 2.05) is 0 Å². The van der Waals surface area contributed by atoms with E-state index in [1.54, 1.807) is 0 Å². The zero-order valence-electron chi connectivity index (χ0n) is 8.64. The van der Waals surface area contributed by atoms with Gasteiger partial charge < -0.3 is 16.9 Å². The molecule has 3 saturated heterocycles. The first-order chi connectivity index (χ1) is 5.85. The summed E-state index contributed by atoms with van der Waals surface area (Å²) >= 11 is 0. The molecule has 2 nitrogen and oxygen atoms in total. The normalized spacial score (nSPS) is 37.2. The van der Waals surface area contributed by atoms with Crippen molar-refractivity contribution in [3.8, 4) is 0 Å². The molecule has 0 spiro atoms. The van der Waals surface area contributed by atoms with E-state index >= 15 is 0 Å². The molecular weight excluding hydrogens is 184 g/mol. The number of unbranched alkanes of at least 4 members (excludes halogenated alkanes) is 1. The van der Waals surface area contributed by atoms with Gasteiger partial charge in [-0.05, 0) is 6.42 Å². The number of halogens is 1. The molecular formula is C10H21ClN2. The van der Waals surface area contributed by atoms with Gasteiger partial charge in [-0.25, -0.2) is 0 Å². The summed E-state index contributed by atoms with van der Waals surface area (Å²) in [6.45, 7) is 12.1. The third kappa shape index (κ3) is 2.36. The van der Waals surface area contributed by atoms with Crippen LogP contribution in [0.1, 0.15) is 19.8 Å². The van der Waals surface area contributed by atoms with E-state index in [9.17, 15) is 0 Å². The zero-order chi connectivity index (χ0) is 8.44. The Morgan fingerprint density at radius 1 is 1.08 bits per heavy atom. The third-order valence-electron chi connectivity index (χ3n) is 3.66. The number of fused-ring (bicyclic) bond motifs is 3. The molecule has 0 aliphatic carbocycles. The Hall–Kier alpha value is 0.210. The Labute approximate surface area is 87.9 Å². The lowest BCUT2D eigenvalue weighted by Crippen LogP contribution is -3.00. The topological polar surface area (TPSA) is 3.24 Å². The van der Waals surface area contributed by atoms with Crippen molar-refractivity contribution in [2.24, 2.45) is 0 Å². The van der Waals surface area contributed by atoms with E-state index in [1.165, 1.54) is 63.1 Å². The average Bonchev–Trinajstić information content (AvgIpc) is 2.18. The van der Waals surface area contributed by atoms with Gasteiger partial charge in [0.1, 0.15) is 0 Å². The molecule has 0 aromatic heterocycles. The van der Waals surface area contributed by atoms with Crippen LogP contribution in [-0.2, 0) is 0 Å². The predicted molar refractivity (Wildman–Crippen MR) is 51.1 cm³/mol. The Balaban J connectivity index is 0.000000845. The van der Waals surface area contributed by atoms with Gasteiger partial charge in [0.15, 0.2) is 0 Å². The first-order valence-corrected chi connectivity index (χ1v) is 5.42. The number of nitrogens with zero attached hydrogens (tertiary/aromatic N) is 2. The summed E-state index contributed by atoms with van der Waals surface area (Å²) in [7, 11) is 0. The lowest BCUT2D eigenvalue weighted by molar-refractivity contribution is -0.941. The van der Waals surface area contributed by atoms with Crippen LogP contribution in [0.25, 0.3) is 0 Å². The Kier molecular flexibility index (Phi) is 4.02. The quantitative estimate of drug-likeness (QED) is 0.478. The summed E-state index contributed by atoms with van der Waals surface area (Å²) in [5.74, 6) is 0. The van der Waals surface area contributed by atoms with Gasteiger partial charge in [-0.15, -0.1) is 0 Å². The first-order valence-electron chi connectivity index (χ1n) is 5.42. The lowest BCUT2D eigenvalue weighted by atomic mass is 10.1. The van der Waals surface area contributed by atoms with Crippen LogP contribution in [0.5, 0.6) is 0 Å². The van der Waals surface area contributed by atoms with E-state index in [0.717, 1.165) is 0 Å². The van der Waals surface area contributed by atoms with Gasteiger partial charge >= 0.3 is 0 Å². The van der Waals surface area contributed by atoms with Crippen LogP contribution in [0.2, 0.25) is 0 Å². The van der Waals surface area contributed by atoms with Gasteiger partial charge in [-0.2, -0.15) is 0 Å². The molecule has 3 aliphatic heterocycles. The summed E-state index contributed by atoms with van der Waals surface area (Å²) in [6.07, 6.45) is 2.80. The molecule has 13 heavy (non-hydrogen) atoms. The van der Waals surface area contributed by atoms with Crippen LogP contribution in [0, 0.1) is 0 Å². The molecule has 3 aliphatic rings. The number of piperazine rings is 3. The standard InChI is InChI=1S/C10H21N2.ClH/c1-2-3-7-12-8-4-11(5-9-12)6-10-12;/h2-10H2,1H3;1H/q+1;/p-1. The number of hydrogen-bond acceptors (Lipinski definition) is 1. The molecule has 0 N–H and O–H groups in total.